The molecule has 1 aliphatic heterocycles. The Kier molecular flexibility index (Phi) is 3.53. The molecule has 0 saturated carbocycles. The van der Waals surface area contributed by atoms with E-state index in [0.717, 1.165) is 31.0 Å². The van der Waals surface area contributed by atoms with Crippen LogP contribution in [0.3, 0.4) is 0 Å². The summed E-state index contributed by atoms with van der Waals surface area (Å²) in [6.45, 7) is 5.16. The van der Waals surface area contributed by atoms with Crippen molar-refractivity contribution in [3.63, 3.8) is 0 Å². The predicted molar refractivity (Wildman–Crippen MR) is 80.6 cm³/mol. The Bertz CT molecular complexity index is 652. The Balaban J connectivity index is 1.99. The van der Waals surface area contributed by atoms with E-state index in [9.17, 15) is 0 Å². The van der Waals surface area contributed by atoms with E-state index in [1.54, 1.807) is 19.4 Å². The van der Waals surface area contributed by atoms with Gasteiger partial charge in [-0.25, -0.2) is 4.98 Å². The van der Waals surface area contributed by atoms with E-state index in [0.29, 0.717) is 11.9 Å². The molecule has 112 valence electrons. The molecule has 0 radical (unpaired) electrons. The maximum atomic E-state index is 5.21. The number of ether oxygens (including phenoxy) is 1. The molecule has 0 bridgehead atoms. The summed E-state index contributed by atoms with van der Waals surface area (Å²) in [7, 11) is 3.62. The number of aromatic nitrogens is 4. The lowest BCUT2D eigenvalue weighted by molar-refractivity contribution is 0.396. The lowest BCUT2D eigenvalue weighted by Gasteiger charge is -2.25. The highest BCUT2D eigenvalue weighted by molar-refractivity contribution is 5.42. The first-order valence-electron chi connectivity index (χ1n) is 7.25. The predicted octanol–water partition coefficient (Wildman–Crippen LogP) is 2.18. The highest BCUT2D eigenvalue weighted by atomic mass is 16.5. The third-order valence-electron chi connectivity index (χ3n) is 4.23. The average molecular weight is 287 g/mol. The summed E-state index contributed by atoms with van der Waals surface area (Å²) in [5, 5.41) is 4.54. The molecule has 3 heterocycles. The van der Waals surface area contributed by atoms with Gasteiger partial charge in [-0.15, -0.1) is 0 Å². The number of rotatable bonds is 3. The molecule has 0 amide bonds. The molecule has 0 spiro atoms. The second-order valence-electron chi connectivity index (χ2n) is 5.46. The van der Waals surface area contributed by atoms with E-state index in [1.165, 1.54) is 11.3 Å². The van der Waals surface area contributed by atoms with E-state index >= 15 is 0 Å². The summed E-state index contributed by atoms with van der Waals surface area (Å²) in [6, 6.07) is 2.07. The molecular formula is C15H21N5O. The normalized spacial score (nSPS) is 18.3. The van der Waals surface area contributed by atoms with E-state index in [1.807, 2.05) is 11.7 Å². The molecule has 6 heteroatoms. The van der Waals surface area contributed by atoms with Crippen molar-refractivity contribution in [3.05, 3.63) is 29.2 Å². The van der Waals surface area contributed by atoms with Crippen LogP contribution >= 0.6 is 0 Å². The number of methoxy groups -OCH3 is 1. The Morgan fingerprint density at radius 2 is 2.14 bits per heavy atom. The van der Waals surface area contributed by atoms with Crippen molar-refractivity contribution < 1.29 is 4.74 Å². The first-order chi connectivity index (χ1) is 10.1. The van der Waals surface area contributed by atoms with Gasteiger partial charge in [0.1, 0.15) is 0 Å². The molecule has 0 N–H and O–H groups in total. The highest BCUT2D eigenvalue weighted by Crippen LogP contribution is 2.37. The van der Waals surface area contributed by atoms with Gasteiger partial charge >= 0.3 is 0 Å². The Labute approximate surface area is 124 Å². The molecule has 0 aromatic carbocycles. The van der Waals surface area contributed by atoms with Gasteiger partial charge in [-0.1, -0.05) is 0 Å². The van der Waals surface area contributed by atoms with Crippen LogP contribution in [0.15, 0.2) is 12.3 Å². The third-order valence-corrected chi connectivity index (χ3v) is 4.23. The maximum Gasteiger partial charge on any atom is 0.229 e. The topological polar surface area (TPSA) is 56.1 Å². The summed E-state index contributed by atoms with van der Waals surface area (Å²) >= 11 is 0. The summed E-state index contributed by atoms with van der Waals surface area (Å²) in [4.78, 5) is 11.2. The van der Waals surface area contributed by atoms with Gasteiger partial charge < -0.3 is 9.64 Å². The standard InChI is InChI=1S/C15H21N5O/c1-10-14(11(2)19(3)18-10)12-6-5-9-20(12)15-16-8-7-13(17-15)21-4/h7-8,12H,5-6,9H2,1-4H3/t12-/m0/s1. The van der Waals surface area contributed by atoms with Crippen molar-refractivity contribution in [1.82, 2.24) is 19.7 Å². The molecule has 1 aliphatic rings. The van der Waals surface area contributed by atoms with Crippen LogP contribution in [0.2, 0.25) is 0 Å². The highest BCUT2D eigenvalue weighted by Gasteiger charge is 2.32. The van der Waals surface area contributed by atoms with Crippen molar-refractivity contribution in [1.29, 1.82) is 0 Å². The van der Waals surface area contributed by atoms with Crippen LogP contribution in [-0.4, -0.2) is 33.4 Å². The monoisotopic (exact) mass is 287 g/mol. The number of hydrogen-bond acceptors (Lipinski definition) is 5. The summed E-state index contributed by atoms with van der Waals surface area (Å²) in [5.41, 5.74) is 3.61. The minimum Gasteiger partial charge on any atom is -0.481 e. The quantitative estimate of drug-likeness (QED) is 0.866. The average Bonchev–Trinajstić information content (AvgIpc) is 3.04. The van der Waals surface area contributed by atoms with Crippen molar-refractivity contribution in [2.75, 3.05) is 18.6 Å². The zero-order chi connectivity index (χ0) is 15.0. The molecule has 1 atom stereocenters. The fourth-order valence-corrected chi connectivity index (χ4v) is 3.16. The molecule has 1 saturated heterocycles. The smallest absolute Gasteiger partial charge is 0.229 e. The zero-order valence-electron chi connectivity index (χ0n) is 13.0. The van der Waals surface area contributed by atoms with Gasteiger partial charge in [0.25, 0.3) is 0 Å². The fraction of sp³-hybridized carbons (Fsp3) is 0.533. The van der Waals surface area contributed by atoms with Gasteiger partial charge in [-0.05, 0) is 26.7 Å². The SMILES string of the molecule is COc1ccnc(N2CCC[C@H]2c2c(C)nn(C)c2C)n1. The molecular weight excluding hydrogens is 266 g/mol. The number of aryl methyl sites for hydroxylation is 2. The molecule has 21 heavy (non-hydrogen) atoms. The summed E-state index contributed by atoms with van der Waals surface area (Å²) in [5.74, 6) is 1.34. The van der Waals surface area contributed by atoms with Crippen LogP contribution in [0.25, 0.3) is 0 Å². The number of nitrogens with zero attached hydrogens (tertiary/aromatic N) is 5. The molecule has 6 nitrogen and oxygen atoms in total. The Morgan fingerprint density at radius 1 is 1.33 bits per heavy atom. The molecule has 1 fully saturated rings. The lowest BCUT2D eigenvalue weighted by Crippen LogP contribution is -2.25. The van der Waals surface area contributed by atoms with Crippen LogP contribution < -0.4 is 9.64 Å². The van der Waals surface area contributed by atoms with Gasteiger partial charge in [0.2, 0.25) is 11.8 Å². The van der Waals surface area contributed by atoms with E-state index in [-0.39, 0.29) is 0 Å². The van der Waals surface area contributed by atoms with Crippen molar-refractivity contribution in [2.24, 2.45) is 7.05 Å². The zero-order valence-corrected chi connectivity index (χ0v) is 13.0. The van der Waals surface area contributed by atoms with E-state index < -0.39 is 0 Å². The first kappa shape index (κ1) is 13.9. The van der Waals surface area contributed by atoms with Crippen LogP contribution in [0, 0.1) is 13.8 Å². The first-order valence-corrected chi connectivity index (χ1v) is 7.25. The van der Waals surface area contributed by atoms with Crippen LogP contribution in [0.1, 0.15) is 35.8 Å². The van der Waals surface area contributed by atoms with Crippen molar-refractivity contribution in [3.8, 4) is 5.88 Å². The minimum absolute atomic E-state index is 0.297. The van der Waals surface area contributed by atoms with Crippen molar-refractivity contribution in [2.45, 2.75) is 32.7 Å². The fourth-order valence-electron chi connectivity index (χ4n) is 3.16. The molecule has 0 unspecified atom stereocenters. The second kappa shape index (κ2) is 5.35. The van der Waals surface area contributed by atoms with Crippen LogP contribution in [-0.2, 0) is 7.05 Å². The number of hydrogen-bond donors (Lipinski definition) is 0. The largest absolute Gasteiger partial charge is 0.481 e. The van der Waals surface area contributed by atoms with Gasteiger partial charge in [0.05, 0.1) is 18.8 Å². The minimum atomic E-state index is 0.297. The molecule has 3 rings (SSSR count). The molecule has 0 aliphatic carbocycles. The van der Waals surface area contributed by atoms with E-state index in [4.69, 9.17) is 4.74 Å². The third kappa shape index (κ3) is 2.34. The van der Waals surface area contributed by atoms with Gasteiger partial charge in [0.15, 0.2) is 0 Å². The molecule has 2 aromatic rings. The van der Waals surface area contributed by atoms with Gasteiger partial charge in [-0.3, -0.25) is 4.68 Å². The Morgan fingerprint density at radius 3 is 2.81 bits per heavy atom. The second-order valence-corrected chi connectivity index (χ2v) is 5.46. The van der Waals surface area contributed by atoms with Crippen LogP contribution in [0.4, 0.5) is 5.95 Å². The molecule has 2 aromatic heterocycles. The van der Waals surface area contributed by atoms with Gasteiger partial charge in [0, 0.05) is 37.1 Å². The van der Waals surface area contributed by atoms with Crippen LogP contribution in [0.5, 0.6) is 5.88 Å². The maximum absolute atomic E-state index is 5.21. The summed E-state index contributed by atoms with van der Waals surface area (Å²) in [6.07, 6.45) is 3.99. The van der Waals surface area contributed by atoms with E-state index in [2.05, 4.69) is 33.8 Å². The van der Waals surface area contributed by atoms with Gasteiger partial charge in [-0.2, -0.15) is 10.1 Å². The number of anilines is 1. The Hall–Kier alpha value is -2.11. The van der Waals surface area contributed by atoms with Crippen molar-refractivity contribution >= 4 is 5.95 Å². The lowest BCUT2D eigenvalue weighted by atomic mass is 10.0. The summed E-state index contributed by atoms with van der Waals surface area (Å²) < 4.78 is 7.16.